The standard InChI is InChI=1S/C15H19BrN2S/c1-3-14(17)12-4-6-13(7-5-12)18(2)9-11-8-15(16)19-10-11/h4-8,10,14H,3,9,17H2,1-2H3/t14-/m1/s1. The first-order valence-electron chi connectivity index (χ1n) is 6.39. The number of rotatable bonds is 5. The molecule has 0 spiro atoms. The molecule has 0 aliphatic rings. The van der Waals surface area contributed by atoms with E-state index >= 15 is 0 Å². The van der Waals surface area contributed by atoms with Gasteiger partial charge < -0.3 is 10.6 Å². The number of nitrogens with zero attached hydrogens (tertiary/aromatic N) is 1. The molecule has 1 heterocycles. The van der Waals surface area contributed by atoms with Crippen molar-refractivity contribution in [2.24, 2.45) is 5.73 Å². The predicted octanol–water partition coefficient (Wildman–Crippen LogP) is 4.56. The van der Waals surface area contributed by atoms with E-state index in [0.29, 0.717) is 0 Å². The number of hydrogen-bond acceptors (Lipinski definition) is 3. The summed E-state index contributed by atoms with van der Waals surface area (Å²) >= 11 is 5.22. The molecule has 4 heteroatoms. The largest absolute Gasteiger partial charge is 0.370 e. The zero-order valence-electron chi connectivity index (χ0n) is 11.3. The Labute approximate surface area is 127 Å². The number of thiophene rings is 1. The van der Waals surface area contributed by atoms with Crippen molar-refractivity contribution in [3.8, 4) is 0 Å². The van der Waals surface area contributed by atoms with E-state index in [9.17, 15) is 0 Å². The maximum atomic E-state index is 6.03. The van der Waals surface area contributed by atoms with Crippen LogP contribution in [0.15, 0.2) is 39.5 Å². The molecular formula is C15H19BrN2S. The van der Waals surface area contributed by atoms with Gasteiger partial charge in [-0.2, -0.15) is 0 Å². The molecule has 1 aromatic carbocycles. The van der Waals surface area contributed by atoms with Crippen molar-refractivity contribution in [2.75, 3.05) is 11.9 Å². The van der Waals surface area contributed by atoms with Gasteiger partial charge in [0.25, 0.3) is 0 Å². The van der Waals surface area contributed by atoms with E-state index in [1.165, 1.54) is 20.6 Å². The molecule has 2 N–H and O–H groups in total. The quantitative estimate of drug-likeness (QED) is 0.865. The monoisotopic (exact) mass is 338 g/mol. The van der Waals surface area contributed by atoms with E-state index in [-0.39, 0.29) is 6.04 Å². The molecule has 2 nitrogen and oxygen atoms in total. The fourth-order valence-electron chi connectivity index (χ4n) is 2.01. The maximum Gasteiger partial charge on any atom is 0.0701 e. The van der Waals surface area contributed by atoms with Gasteiger partial charge in [-0.1, -0.05) is 19.1 Å². The summed E-state index contributed by atoms with van der Waals surface area (Å²) in [7, 11) is 2.11. The Morgan fingerprint density at radius 1 is 1.32 bits per heavy atom. The average Bonchev–Trinajstić information content (AvgIpc) is 2.83. The fourth-order valence-corrected chi connectivity index (χ4v) is 3.21. The van der Waals surface area contributed by atoms with Gasteiger partial charge in [-0.3, -0.25) is 0 Å². The van der Waals surface area contributed by atoms with Gasteiger partial charge in [0.05, 0.1) is 3.79 Å². The molecule has 0 unspecified atom stereocenters. The minimum absolute atomic E-state index is 0.146. The Kier molecular flexibility index (Phi) is 5.02. The van der Waals surface area contributed by atoms with Crippen LogP contribution in [-0.2, 0) is 6.54 Å². The highest BCUT2D eigenvalue weighted by atomic mass is 79.9. The van der Waals surface area contributed by atoms with Gasteiger partial charge in [-0.15, -0.1) is 11.3 Å². The first-order valence-corrected chi connectivity index (χ1v) is 8.07. The van der Waals surface area contributed by atoms with Crippen LogP contribution < -0.4 is 10.6 Å². The summed E-state index contributed by atoms with van der Waals surface area (Å²) in [6, 6.07) is 10.9. The van der Waals surface area contributed by atoms with E-state index in [0.717, 1.165) is 13.0 Å². The van der Waals surface area contributed by atoms with Gasteiger partial charge in [-0.25, -0.2) is 0 Å². The molecule has 0 saturated heterocycles. The Morgan fingerprint density at radius 2 is 2.00 bits per heavy atom. The Morgan fingerprint density at radius 3 is 2.53 bits per heavy atom. The molecule has 0 saturated carbocycles. The molecule has 19 heavy (non-hydrogen) atoms. The minimum Gasteiger partial charge on any atom is -0.370 e. The summed E-state index contributed by atoms with van der Waals surface area (Å²) in [4.78, 5) is 2.25. The van der Waals surface area contributed by atoms with Gasteiger partial charge in [-0.05, 0) is 57.1 Å². The summed E-state index contributed by atoms with van der Waals surface area (Å²) in [5.41, 5.74) is 9.78. The zero-order valence-corrected chi connectivity index (χ0v) is 13.7. The van der Waals surface area contributed by atoms with Crippen molar-refractivity contribution >= 4 is 33.0 Å². The lowest BCUT2D eigenvalue weighted by Gasteiger charge is -2.19. The van der Waals surface area contributed by atoms with Crippen LogP contribution in [0, 0.1) is 0 Å². The number of nitrogens with two attached hydrogens (primary N) is 1. The van der Waals surface area contributed by atoms with Crippen LogP contribution in [0.4, 0.5) is 5.69 Å². The van der Waals surface area contributed by atoms with Crippen LogP contribution in [0.25, 0.3) is 0 Å². The SMILES string of the molecule is CC[C@@H](N)c1ccc(N(C)Cc2csc(Br)c2)cc1. The van der Waals surface area contributed by atoms with Crippen LogP contribution in [-0.4, -0.2) is 7.05 Å². The van der Waals surface area contributed by atoms with Crippen LogP contribution in [0.1, 0.15) is 30.5 Å². The molecule has 0 amide bonds. The average molecular weight is 339 g/mol. The number of halogens is 1. The summed E-state index contributed by atoms with van der Waals surface area (Å²) in [5.74, 6) is 0. The first-order chi connectivity index (χ1) is 9.10. The van der Waals surface area contributed by atoms with E-state index in [4.69, 9.17) is 5.73 Å². The van der Waals surface area contributed by atoms with Crippen molar-refractivity contribution in [2.45, 2.75) is 25.9 Å². The summed E-state index contributed by atoms with van der Waals surface area (Å²) in [6.45, 7) is 3.03. The van der Waals surface area contributed by atoms with Crippen molar-refractivity contribution in [3.63, 3.8) is 0 Å². The van der Waals surface area contributed by atoms with Crippen molar-refractivity contribution in [3.05, 3.63) is 50.6 Å². The second-order valence-corrected chi connectivity index (χ2v) is 7.01. The van der Waals surface area contributed by atoms with E-state index in [1.54, 1.807) is 11.3 Å². The van der Waals surface area contributed by atoms with Crippen LogP contribution in [0.2, 0.25) is 0 Å². The molecule has 0 bridgehead atoms. The molecule has 0 fully saturated rings. The second kappa shape index (κ2) is 6.55. The second-order valence-electron chi connectivity index (χ2n) is 4.72. The minimum atomic E-state index is 0.146. The van der Waals surface area contributed by atoms with Crippen LogP contribution >= 0.6 is 27.3 Å². The van der Waals surface area contributed by atoms with Gasteiger partial charge in [0, 0.05) is 25.3 Å². The number of anilines is 1. The molecule has 1 atom stereocenters. The lowest BCUT2D eigenvalue weighted by atomic mass is 10.1. The van der Waals surface area contributed by atoms with E-state index < -0.39 is 0 Å². The maximum absolute atomic E-state index is 6.03. The van der Waals surface area contributed by atoms with Crippen LogP contribution in [0.3, 0.4) is 0 Å². The lowest BCUT2D eigenvalue weighted by molar-refractivity contribution is 0.698. The summed E-state index contributed by atoms with van der Waals surface area (Å²) < 4.78 is 1.18. The topological polar surface area (TPSA) is 29.3 Å². The molecule has 102 valence electrons. The Balaban J connectivity index is 2.05. The third-order valence-corrected chi connectivity index (χ3v) is 4.80. The molecule has 0 radical (unpaired) electrons. The van der Waals surface area contributed by atoms with Crippen LogP contribution in [0.5, 0.6) is 0 Å². The van der Waals surface area contributed by atoms with Gasteiger partial charge in [0.1, 0.15) is 0 Å². The highest BCUT2D eigenvalue weighted by molar-refractivity contribution is 9.11. The van der Waals surface area contributed by atoms with Gasteiger partial charge >= 0.3 is 0 Å². The lowest BCUT2D eigenvalue weighted by Crippen LogP contribution is -2.16. The van der Waals surface area contributed by atoms with Gasteiger partial charge in [0.2, 0.25) is 0 Å². The smallest absolute Gasteiger partial charge is 0.0701 e. The molecule has 2 aromatic rings. The summed E-state index contributed by atoms with van der Waals surface area (Å²) in [5, 5.41) is 2.18. The van der Waals surface area contributed by atoms with E-state index in [2.05, 4.69) is 70.5 Å². The third-order valence-electron chi connectivity index (χ3n) is 3.24. The van der Waals surface area contributed by atoms with Gasteiger partial charge in [0.15, 0.2) is 0 Å². The Hall–Kier alpha value is -0.840. The van der Waals surface area contributed by atoms with Crippen molar-refractivity contribution in [1.29, 1.82) is 0 Å². The van der Waals surface area contributed by atoms with E-state index in [1.807, 2.05) is 0 Å². The predicted molar refractivity (Wildman–Crippen MR) is 87.8 cm³/mol. The molecule has 2 rings (SSSR count). The Bertz CT molecular complexity index is 521. The molecular weight excluding hydrogens is 320 g/mol. The third kappa shape index (κ3) is 3.81. The molecule has 1 aromatic heterocycles. The molecule has 0 aliphatic heterocycles. The van der Waals surface area contributed by atoms with Crippen molar-refractivity contribution < 1.29 is 0 Å². The summed E-state index contributed by atoms with van der Waals surface area (Å²) in [6.07, 6.45) is 0.970. The fraction of sp³-hybridized carbons (Fsp3) is 0.333. The number of benzene rings is 1. The van der Waals surface area contributed by atoms with Crippen molar-refractivity contribution in [1.82, 2.24) is 0 Å². The first kappa shape index (κ1) is 14.6. The number of hydrogen-bond donors (Lipinski definition) is 1. The molecule has 0 aliphatic carbocycles. The highest BCUT2D eigenvalue weighted by Gasteiger charge is 2.06. The highest BCUT2D eigenvalue weighted by Crippen LogP contribution is 2.24. The zero-order chi connectivity index (χ0) is 13.8. The normalized spacial score (nSPS) is 12.4.